The zero-order valence-corrected chi connectivity index (χ0v) is 11.0. The van der Waals surface area contributed by atoms with Crippen LogP contribution in [0, 0.1) is 5.82 Å². The van der Waals surface area contributed by atoms with Gasteiger partial charge in [0.2, 0.25) is 0 Å². The minimum Gasteiger partial charge on any atom is -0.497 e. The van der Waals surface area contributed by atoms with Crippen LogP contribution in [-0.2, 0) is 11.4 Å². The Kier molecular flexibility index (Phi) is 4.55. The molecule has 0 aliphatic carbocycles. The number of halogens is 1. The molecule has 104 valence electrons. The Balaban J connectivity index is 1.94. The third-order valence-corrected chi connectivity index (χ3v) is 2.69. The van der Waals surface area contributed by atoms with Gasteiger partial charge in [0, 0.05) is 5.56 Å². The van der Waals surface area contributed by atoms with Gasteiger partial charge in [0.1, 0.15) is 18.2 Å². The fourth-order valence-electron chi connectivity index (χ4n) is 1.57. The number of hydrogen-bond acceptors (Lipinski definition) is 3. The number of methoxy groups -OCH3 is 1. The van der Waals surface area contributed by atoms with Gasteiger partial charge in [0.25, 0.3) is 0 Å². The summed E-state index contributed by atoms with van der Waals surface area (Å²) in [6.45, 7) is 0.233. The van der Waals surface area contributed by atoms with Crippen LogP contribution in [0.4, 0.5) is 4.39 Å². The Morgan fingerprint density at radius 1 is 1.10 bits per heavy atom. The maximum Gasteiger partial charge on any atom is 0.170 e. The highest BCUT2D eigenvalue weighted by molar-refractivity contribution is 5.97. The fraction of sp³-hybridized carbons (Fsp3) is 0.133. The van der Waals surface area contributed by atoms with E-state index in [0.29, 0.717) is 0 Å². The van der Waals surface area contributed by atoms with Crippen molar-refractivity contribution in [1.82, 2.24) is 0 Å². The highest BCUT2D eigenvalue weighted by Crippen LogP contribution is 2.11. The van der Waals surface area contributed by atoms with Crippen LogP contribution in [0.3, 0.4) is 0 Å². The van der Waals surface area contributed by atoms with Crippen molar-refractivity contribution in [3.8, 4) is 5.75 Å². The van der Waals surface area contributed by atoms with Crippen LogP contribution in [0.25, 0.3) is 0 Å². The van der Waals surface area contributed by atoms with Crippen molar-refractivity contribution >= 4 is 5.84 Å². The molecule has 5 heteroatoms. The van der Waals surface area contributed by atoms with Gasteiger partial charge >= 0.3 is 0 Å². The summed E-state index contributed by atoms with van der Waals surface area (Å²) in [7, 11) is 1.60. The first-order valence-electron chi connectivity index (χ1n) is 6.03. The van der Waals surface area contributed by atoms with Gasteiger partial charge in [-0.25, -0.2) is 4.39 Å². The lowest BCUT2D eigenvalue weighted by molar-refractivity contribution is 0.130. The first-order valence-corrected chi connectivity index (χ1v) is 6.03. The summed E-state index contributed by atoms with van der Waals surface area (Å²) >= 11 is 0. The molecule has 2 aromatic carbocycles. The van der Waals surface area contributed by atoms with Gasteiger partial charge in [-0.2, -0.15) is 0 Å². The minimum absolute atomic E-state index is 0.233. The summed E-state index contributed by atoms with van der Waals surface area (Å²) in [5.41, 5.74) is 7.36. The van der Waals surface area contributed by atoms with Crippen molar-refractivity contribution in [3.05, 3.63) is 65.5 Å². The number of oxime groups is 1. The van der Waals surface area contributed by atoms with Crippen LogP contribution >= 0.6 is 0 Å². The molecule has 2 N–H and O–H groups in total. The number of hydrogen-bond donors (Lipinski definition) is 1. The van der Waals surface area contributed by atoms with Gasteiger partial charge in [0.05, 0.1) is 7.11 Å². The zero-order valence-electron chi connectivity index (χ0n) is 11.0. The van der Waals surface area contributed by atoms with Crippen LogP contribution in [0.15, 0.2) is 53.7 Å². The Morgan fingerprint density at radius 3 is 2.35 bits per heavy atom. The quantitative estimate of drug-likeness (QED) is 0.518. The molecule has 0 amide bonds. The Labute approximate surface area is 116 Å². The number of ether oxygens (including phenoxy) is 1. The maximum atomic E-state index is 12.7. The zero-order chi connectivity index (χ0) is 14.4. The molecule has 0 bridgehead atoms. The second-order valence-electron chi connectivity index (χ2n) is 4.10. The van der Waals surface area contributed by atoms with E-state index in [9.17, 15) is 4.39 Å². The van der Waals surface area contributed by atoms with Gasteiger partial charge in [-0.15, -0.1) is 0 Å². The molecular weight excluding hydrogens is 259 g/mol. The van der Waals surface area contributed by atoms with Gasteiger partial charge in [-0.05, 0) is 42.0 Å². The number of nitrogens with two attached hydrogens (primary N) is 1. The molecule has 0 aromatic heterocycles. The van der Waals surface area contributed by atoms with E-state index in [1.165, 1.54) is 12.1 Å². The lowest BCUT2D eigenvalue weighted by Crippen LogP contribution is -2.13. The first kappa shape index (κ1) is 13.9. The summed E-state index contributed by atoms with van der Waals surface area (Å²) in [6.07, 6.45) is 0. The highest BCUT2D eigenvalue weighted by Gasteiger charge is 2.00. The van der Waals surface area contributed by atoms with E-state index >= 15 is 0 Å². The molecule has 0 spiro atoms. The van der Waals surface area contributed by atoms with E-state index in [1.54, 1.807) is 43.5 Å². The molecule has 20 heavy (non-hydrogen) atoms. The third kappa shape index (κ3) is 3.71. The molecule has 0 heterocycles. The standard InChI is InChI=1S/C15H15FN2O2/c1-19-14-8-4-12(5-9-14)15(17)18-20-10-11-2-6-13(16)7-3-11/h2-9H,10H2,1H3,(H2,17,18). The summed E-state index contributed by atoms with van der Waals surface area (Å²) < 4.78 is 17.8. The average Bonchev–Trinajstić information content (AvgIpc) is 2.49. The van der Waals surface area contributed by atoms with Crippen molar-refractivity contribution in [2.75, 3.05) is 7.11 Å². The van der Waals surface area contributed by atoms with Crippen LogP contribution < -0.4 is 10.5 Å². The number of rotatable bonds is 5. The van der Waals surface area contributed by atoms with Crippen LogP contribution in [0.1, 0.15) is 11.1 Å². The van der Waals surface area contributed by atoms with Gasteiger partial charge < -0.3 is 15.3 Å². The van der Waals surface area contributed by atoms with Crippen LogP contribution in [0.2, 0.25) is 0 Å². The van der Waals surface area contributed by atoms with E-state index in [-0.39, 0.29) is 18.3 Å². The highest BCUT2D eigenvalue weighted by atomic mass is 19.1. The van der Waals surface area contributed by atoms with Gasteiger partial charge in [-0.3, -0.25) is 0 Å². The Morgan fingerprint density at radius 2 is 1.75 bits per heavy atom. The van der Waals surface area contributed by atoms with Crippen molar-refractivity contribution in [1.29, 1.82) is 0 Å². The molecule has 0 aliphatic heterocycles. The van der Waals surface area contributed by atoms with Crippen molar-refractivity contribution in [2.24, 2.45) is 10.9 Å². The van der Waals surface area contributed by atoms with Crippen molar-refractivity contribution in [2.45, 2.75) is 6.61 Å². The van der Waals surface area contributed by atoms with Crippen molar-refractivity contribution < 1.29 is 14.0 Å². The molecular formula is C15H15FN2O2. The lowest BCUT2D eigenvalue weighted by atomic mass is 10.2. The molecule has 0 fully saturated rings. The summed E-state index contributed by atoms with van der Waals surface area (Å²) in [4.78, 5) is 5.14. The molecule has 2 rings (SSSR count). The van der Waals surface area contributed by atoms with E-state index in [4.69, 9.17) is 15.3 Å². The monoisotopic (exact) mass is 274 g/mol. The predicted molar refractivity (Wildman–Crippen MR) is 74.9 cm³/mol. The second-order valence-corrected chi connectivity index (χ2v) is 4.10. The molecule has 4 nitrogen and oxygen atoms in total. The fourth-order valence-corrected chi connectivity index (χ4v) is 1.57. The second kappa shape index (κ2) is 6.56. The topological polar surface area (TPSA) is 56.8 Å². The average molecular weight is 274 g/mol. The maximum absolute atomic E-state index is 12.7. The van der Waals surface area contributed by atoms with Crippen molar-refractivity contribution in [3.63, 3.8) is 0 Å². The number of nitrogens with zero attached hydrogens (tertiary/aromatic N) is 1. The van der Waals surface area contributed by atoms with E-state index < -0.39 is 0 Å². The van der Waals surface area contributed by atoms with Crippen LogP contribution in [-0.4, -0.2) is 12.9 Å². The minimum atomic E-state index is -0.282. The van der Waals surface area contributed by atoms with Crippen LogP contribution in [0.5, 0.6) is 5.75 Å². The van der Waals surface area contributed by atoms with E-state index in [2.05, 4.69) is 5.16 Å². The Bertz CT molecular complexity index is 580. The van der Waals surface area contributed by atoms with E-state index in [1.807, 2.05) is 0 Å². The molecule has 0 radical (unpaired) electrons. The largest absolute Gasteiger partial charge is 0.497 e. The predicted octanol–water partition coefficient (Wildman–Crippen LogP) is 2.67. The Hall–Kier alpha value is -2.56. The summed E-state index contributed by atoms with van der Waals surface area (Å²) in [6, 6.07) is 13.2. The van der Waals surface area contributed by atoms with Gasteiger partial charge in [-0.1, -0.05) is 17.3 Å². The summed E-state index contributed by atoms with van der Waals surface area (Å²) in [5.74, 6) is 0.735. The molecule has 0 aliphatic rings. The summed E-state index contributed by atoms with van der Waals surface area (Å²) in [5, 5.41) is 3.83. The number of benzene rings is 2. The molecule has 2 aromatic rings. The smallest absolute Gasteiger partial charge is 0.170 e. The SMILES string of the molecule is COc1ccc(/C(N)=N/OCc2ccc(F)cc2)cc1. The number of amidine groups is 1. The van der Waals surface area contributed by atoms with Gasteiger partial charge in [0.15, 0.2) is 5.84 Å². The normalized spacial score (nSPS) is 11.2. The van der Waals surface area contributed by atoms with E-state index in [0.717, 1.165) is 16.9 Å². The molecule has 0 unspecified atom stereocenters. The lowest BCUT2D eigenvalue weighted by Gasteiger charge is -2.04. The molecule has 0 atom stereocenters. The molecule has 0 saturated heterocycles. The first-order chi connectivity index (χ1) is 9.69. The third-order valence-electron chi connectivity index (χ3n) is 2.69. The molecule has 0 saturated carbocycles.